The number of rotatable bonds is 6. The van der Waals surface area contributed by atoms with Gasteiger partial charge in [-0.25, -0.2) is 4.79 Å². The van der Waals surface area contributed by atoms with Gasteiger partial charge < -0.3 is 20.4 Å². The van der Waals surface area contributed by atoms with E-state index in [0.717, 1.165) is 11.1 Å². The summed E-state index contributed by atoms with van der Waals surface area (Å²) in [4.78, 5) is 41.0. The number of benzene rings is 2. The summed E-state index contributed by atoms with van der Waals surface area (Å²) in [7, 11) is 0. The maximum Gasteiger partial charge on any atom is 0.315 e. The highest BCUT2D eigenvalue weighted by atomic mass is 16.2. The quantitative estimate of drug-likeness (QED) is 0.748. The molecule has 2 N–H and O–H groups in total. The van der Waals surface area contributed by atoms with Crippen molar-refractivity contribution in [3.8, 4) is 0 Å². The van der Waals surface area contributed by atoms with Gasteiger partial charge in [-0.2, -0.15) is 0 Å². The van der Waals surface area contributed by atoms with Crippen LogP contribution in [0.4, 0.5) is 4.79 Å². The second-order valence-corrected chi connectivity index (χ2v) is 8.19. The summed E-state index contributed by atoms with van der Waals surface area (Å²) in [5, 5.41) is 5.35. The number of nitrogens with zero attached hydrogens (tertiary/aromatic N) is 2. The molecule has 1 fully saturated rings. The fraction of sp³-hybridized carbons (Fsp3) is 0.375. The minimum atomic E-state index is -0.619. The van der Waals surface area contributed by atoms with E-state index in [0.29, 0.717) is 32.7 Å². The fourth-order valence-corrected chi connectivity index (χ4v) is 3.64. The molecule has 7 heteroatoms. The van der Waals surface area contributed by atoms with Crippen molar-refractivity contribution in [2.24, 2.45) is 0 Å². The molecular weight excluding hydrogens is 392 g/mol. The number of carbonyl (C=O) groups is 3. The number of nitrogens with one attached hydrogen (secondary N) is 2. The van der Waals surface area contributed by atoms with Crippen LogP contribution in [0.25, 0.3) is 0 Å². The Labute approximate surface area is 183 Å². The van der Waals surface area contributed by atoms with Crippen LogP contribution in [-0.2, 0) is 21.5 Å². The maximum absolute atomic E-state index is 13.1. The van der Waals surface area contributed by atoms with Crippen LogP contribution < -0.4 is 10.6 Å². The Kier molecular flexibility index (Phi) is 7.28. The Hall–Kier alpha value is -3.35. The molecule has 0 atom stereocenters. The lowest BCUT2D eigenvalue weighted by Crippen LogP contribution is -2.55. The van der Waals surface area contributed by atoms with E-state index < -0.39 is 5.41 Å². The second-order valence-electron chi connectivity index (χ2n) is 8.19. The number of amides is 4. The molecule has 0 aromatic heterocycles. The first-order valence-corrected chi connectivity index (χ1v) is 10.6. The van der Waals surface area contributed by atoms with E-state index in [2.05, 4.69) is 10.6 Å². The lowest BCUT2D eigenvalue weighted by atomic mass is 9.83. The van der Waals surface area contributed by atoms with Crippen molar-refractivity contribution in [2.45, 2.75) is 25.8 Å². The molecule has 31 heavy (non-hydrogen) atoms. The van der Waals surface area contributed by atoms with Gasteiger partial charge >= 0.3 is 6.03 Å². The van der Waals surface area contributed by atoms with Gasteiger partial charge in [0.1, 0.15) is 0 Å². The van der Waals surface area contributed by atoms with Crippen molar-refractivity contribution >= 4 is 17.8 Å². The summed E-state index contributed by atoms with van der Waals surface area (Å²) in [5.74, 6) is -0.0894. The van der Waals surface area contributed by atoms with E-state index in [4.69, 9.17) is 0 Å². The van der Waals surface area contributed by atoms with Gasteiger partial charge in [-0.3, -0.25) is 9.59 Å². The lowest BCUT2D eigenvalue weighted by molar-refractivity contribution is -0.142. The average molecular weight is 423 g/mol. The van der Waals surface area contributed by atoms with Crippen molar-refractivity contribution in [3.63, 3.8) is 0 Å². The standard InChI is InChI=1S/C24H30N4O3/c1-24(2,20-11-7-4-8-12-20)22(30)28-15-13-27(14-16-28)21(29)18-26-23(31)25-17-19-9-5-3-6-10-19/h3-12H,13-18H2,1-2H3,(H2,25,26,31). The van der Waals surface area contributed by atoms with Gasteiger partial charge in [0.2, 0.25) is 11.8 Å². The van der Waals surface area contributed by atoms with E-state index in [-0.39, 0.29) is 24.4 Å². The normalized spacial score (nSPS) is 14.1. The predicted octanol–water partition coefficient (Wildman–Crippen LogP) is 2.13. The summed E-state index contributed by atoms with van der Waals surface area (Å²) >= 11 is 0. The smallest absolute Gasteiger partial charge is 0.315 e. The molecule has 1 saturated heterocycles. The molecule has 2 aromatic rings. The van der Waals surface area contributed by atoms with Crippen molar-refractivity contribution < 1.29 is 14.4 Å². The Balaban J connectivity index is 1.42. The molecule has 2 aromatic carbocycles. The first kappa shape index (κ1) is 22.3. The van der Waals surface area contributed by atoms with Crippen molar-refractivity contribution in [3.05, 3.63) is 71.8 Å². The third kappa shape index (κ3) is 5.84. The highest BCUT2D eigenvalue weighted by Crippen LogP contribution is 2.26. The van der Waals surface area contributed by atoms with Crippen molar-refractivity contribution in [1.29, 1.82) is 0 Å². The largest absolute Gasteiger partial charge is 0.338 e. The Bertz CT molecular complexity index is 892. The van der Waals surface area contributed by atoms with Gasteiger partial charge in [-0.05, 0) is 25.0 Å². The van der Waals surface area contributed by atoms with Gasteiger partial charge in [0.25, 0.3) is 0 Å². The molecule has 4 amide bonds. The third-order valence-electron chi connectivity index (χ3n) is 5.65. The number of urea groups is 1. The number of hydrogen-bond acceptors (Lipinski definition) is 3. The van der Waals surface area contributed by atoms with E-state index in [1.807, 2.05) is 79.4 Å². The minimum absolute atomic E-state index is 0.0595. The molecule has 0 unspecified atom stereocenters. The van der Waals surface area contributed by atoms with E-state index in [1.54, 1.807) is 4.90 Å². The van der Waals surface area contributed by atoms with E-state index >= 15 is 0 Å². The summed E-state index contributed by atoms with van der Waals surface area (Å²) < 4.78 is 0. The first-order chi connectivity index (χ1) is 14.9. The second kappa shape index (κ2) is 10.1. The van der Waals surface area contributed by atoms with Crippen LogP contribution in [-0.4, -0.2) is 60.4 Å². The topological polar surface area (TPSA) is 81.8 Å². The van der Waals surface area contributed by atoms with E-state index in [1.165, 1.54) is 0 Å². The zero-order valence-electron chi connectivity index (χ0n) is 18.1. The molecule has 164 valence electrons. The number of piperazine rings is 1. The molecule has 0 bridgehead atoms. The van der Waals surface area contributed by atoms with Crippen LogP contribution in [0.1, 0.15) is 25.0 Å². The molecule has 3 rings (SSSR count). The van der Waals surface area contributed by atoms with Gasteiger partial charge in [0, 0.05) is 32.7 Å². The third-order valence-corrected chi connectivity index (χ3v) is 5.65. The number of carbonyl (C=O) groups excluding carboxylic acids is 3. The van der Waals surface area contributed by atoms with Crippen molar-refractivity contribution in [1.82, 2.24) is 20.4 Å². The minimum Gasteiger partial charge on any atom is -0.338 e. The molecule has 1 aliphatic heterocycles. The molecule has 0 spiro atoms. The lowest BCUT2D eigenvalue weighted by Gasteiger charge is -2.38. The van der Waals surface area contributed by atoms with Gasteiger partial charge in [-0.1, -0.05) is 60.7 Å². The van der Waals surface area contributed by atoms with Gasteiger partial charge in [0.05, 0.1) is 12.0 Å². The Morgan fingerprint density at radius 3 is 1.97 bits per heavy atom. The Morgan fingerprint density at radius 2 is 1.35 bits per heavy atom. The molecule has 1 aliphatic rings. The first-order valence-electron chi connectivity index (χ1n) is 10.6. The zero-order chi connectivity index (χ0) is 22.3. The summed E-state index contributed by atoms with van der Waals surface area (Å²) in [5.41, 5.74) is 1.35. The van der Waals surface area contributed by atoms with Gasteiger partial charge in [0.15, 0.2) is 0 Å². The van der Waals surface area contributed by atoms with Crippen LogP contribution in [0.2, 0.25) is 0 Å². The molecule has 7 nitrogen and oxygen atoms in total. The van der Waals surface area contributed by atoms with Crippen LogP contribution in [0.15, 0.2) is 60.7 Å². The molecular formula is C24H30N4O3. The fourth-order valence-electron chi connectivity index (χ4n) is 3.64. The molecule has 0 radical (unpaired) electrons. The highest BCUT2D eigenvalue weighted by Gasteiger charge is 2.35. The van der Waals surface area contributed by atoms with Gasteiger partial charge in [-0.15, -0.1) is 0 Å². The molecule has 1 heterocycles. The summed E-state index contributed by atoms with van der Waals surface area (Å²) in [6, 6.07) is 18.9. The Morgan fingerprint density at radius 1 is 0.806 bits per heavy atom. The summed E-state index contributed by atoms with van der Waals surface area (Å²) in [6.45, 7) is 6.09. The number of hydrogen-bond donors (Lipinski definition) is 2. The molecule has 0 aliphatic carbocycles. The van der Waals surface area contributed by atoms with Crippen LogP contribution in [0.3, 0.4) is 0 Å². The van der Waals surface area contributed by atoms with E-state index in [9.17, 15) is 14.4 Å². The predicted molar refractivity (Wildman–Crippen MR) is 119 cm³/mol. The van der Waals surface area contributed by atoms with Crippen LogP contribution >= 0.6 is 0 Å². The molecule has 0 saturated carbocycles. The SMILES string of the molecule is CC(C)(C(=O)N1CCN(C(=O)CNC(=O)NCc2ccccc2)CC1)c1ccccc1. The maximum atomic E-state index is 13.1. The zero-order valence-corrected chi connectivity index (χ0v) is 18.1. The summed E-state index contributed by atoms with van der Waals surface area (Å²) in [6.07, 6.45) is 0. The average Bonchev–Trinajstić information content (AvgIpc) is 2.82. The van der Waals surface area contributed by atoms with Crippen LogP contribution in [0, 0.1) is 0 Å². The highest BCUT2D eigenvalue weighted by molar-refractivity contribution is 5.88. The van der Waals surface area contributed by atoms with Crippen molar-refractivity contribution in [2.75, 3.05) is 32.7 Å². The van der Waals surface area contributed by atoms with Crippen LogP contribution in [0.5, 0.6) is 0 Å². The monoisotopic (exact) mass is 422 g/mol.